The van der Waals surface area contributed by atoms with Gasteiger partial charge in [0.1, 0.15) is 24.4 Å². The van der Waals surface area contributed by atoms with Crippen LogP contribution in [0.3, 0.4) is 0 Å². The van der Waals surface area contributed by atoms with Crippen LogP contribution in [0.25, 0.3) is 0 Å². The van der Waals surface area contributed by atoms with E-state index in [4.69, 9.17) is 23.7 Å². The molecule has 0 amide bonds. The van der Waals surface area contributed by atoms with Gasteiger partial charge in [0.25, 0.3) is 0 Å². The van der Waals surface area contributed by atoms with Crippen LogP contribution in [-0.4, -0.2) is 56.3 Å². The van der Waals surface area contributed by atoms with E-state index in [0.717, 1.165) is 56.9 Å². The summed E-state index contributed by atoms with van der Waals surface area (Å²) in [7, 11) is 0. The van der Waals surface area contributed by atoms with Gasteiger partial charge in [0, 0.05) is 30.9 Å². The molecular weight excluding hydrogens is 437 g/mol. The van der Waals surface area contributed by atoms with Gasteiger partial charge in [-0.1, -0.05) is 53.4 Å². The van der Waals surface area contributed by atoms with Crippen molar-refractivity contribution in [1.29, 1.82) is 0 Å². The van der Waals surface area contributed by atoms with Gasteiger partial charge in [-0.2, -0.15) is 9.37 Å². The summed E-state index contributed by atoms with van der Waals surface area (Å²) in [6.45, 7) is 13.1. The fraction of sp³-hybridized carbons (Fsp3) is 0.815. The first-order chi connectivity index (χ1) is 16.6. The molecule has 0 spiro atoms. The Morgan fingerprint density at radius 3 is 2.09 bits per heavy atom. The summed E-state index contributed by atoms with van der Waals surface area (Å²) in [6, 6.07) is 1.79. The zero-order chi connectivity index (χ0) is 24.8. The molecule has 1 aromatic rings. The number of rotatable bonds is 18. The molecule has 1 unspecified atom stereocenters. The van der Waals surface area contributed by atoms with Crippen LogP contribution >= 0.6 is 0 Å². The highest BCUT2D eigenvalue weighted by atomic mass is 19.1. The average molecular weight is 484 g/mol. The molecule has 0 saturated carbocycles. The molecule has 0 aliphatic carbocycles. The van der Waals surface area contributed by atoms with Crippen molar-refractivity contribution in [1.82, 2.24) is 4.98 Å². The summed E-state index contributed by atoms with van der Waals surface area (Å²) in [5.74, 6) is -0.239. The van der Waals surface area contributed by atoms with E-state index in [1.54, 1.807) is 6.07 Å². The van der Waals surface area contributed by atoms with Gasteiger partial charge in [0.15, 0.2) is 0 Å². The van der Waals surface area contributed by atoms with E-state index in [0.29, 0.717) is 44.5 Å². The predicted molar refractivity (Wildman–Crippen MR) is 132 cm³/mol. The topological polar surface area (TPSA) is 59.0 Å². The predicted octanol–water partition coefficient (Wildman–Crippen LogP) is 6.34. The lowest BCUT2D eigenvalue weighted by Gasteiger charge is -2.25. The summed E-state index contributed by atoms with van der Waals surface area (Å²) in [5.41, 5.74) is 1.18. The van der Waals surface area contributed by atoms with E-state index in [2.05, 4.69) is 32.7 Å². The molecule has 1 fully saturated rings. The van der Waals surface area contributed by atoms with E-state index in [-0.39, 0.29) is 12.2 Å². The minimum absolute atomic E-state index is 0.324. The van der Waals surface area contributed by atoms with Gasteiger partial charge in [-0.05, 0) is 38.7 Å². The van der Waals surface area contributed by atoms with E-state index < -0.39 is 18.2 Å². The number of nitrogens with zero attached hydrogens (tertiary/aromatic N) is 1. The van der Waals surface area contributed by atoms with Gasteiger partial charge in [-0.25, -0.2) is 0 Å². The molecular formula is C27H46FNO5. The van der Waals surface area contributed by atoms with Crippen molar-refractivity contribution in [3.63, 3.8) is 0 Å². The zero-order valence-electron chi connectivity index (χ0n) is 21.9. The SMILES string of the molecule is CCCCOC[C@H]1O[C@@H](c2cc(C)c(OCCCC)nc2F)[C@@H](OCCCC)C1OCCCC. The normalized spacial score (nSPS) is 22.4. The molecule has 196 valence electrons. The molecule has 4 atom stereocenters. The number of hydrogen-bond acceptors (Lipinski definition) is 6. The molecule has 1 aliphatic heterocycles. The van der Waals surface area contributed by atoms with E-state index in [9.17, 15) is 0 Å². The maximum atomic E-state index is 15.3. The van der Waals surface area contributed by atoms with Crippen LogP contribution in [0.15, 0.2) is 6.07 Å². The highest BCUT2D eigenvalue weighted by Crippen LogP contribution is 2.39. The van der Waals surface area contributed by atoms with Crippen molar-refractivity contribution in [2.45, 2.75) is 110 Å². The van der Waals surface area contributed by atoms with Crippen LogP contribution < -0.4 is 4.74 Å². The van der Waals surface area contributed by atoms with Gasteiger partial charge < -0.3 is 23.7 Å². The van der Waals surface area contributed by atoms with Crippen LogP contribution in [0.2, 0.25) is 0 Å². The van der Waals surface area contributed by atoms with Crippen LogP contribution in [0, 0.1) is 12.9 Å². The minimum Gasteiger partial charge on any atom is -0.477 e. The first-order valence-electron chi connectivity index (χ1n) is 13.3. The summed E-state index contributed by atoms with van der Waals surface area (Å²) in [4.78, 5) is 4.14. The summed E-state index contributed by atoms with van der Waals surface area (Å²) >= 11 is 0. The highest BCUT2D eigenvalue weighted by molar-refractivity contribution is 5.32. The Balaban J connectivity index is 2.27. The van der Waals surface area contributed by atoms with Gasteiger partial charge in [0.2, 0.25) is 11.8 Å². The lowest BCUT2D eigenvalue weighted by molar-refractivity contribution is -0.0795. The molecule has 34 heavy (non-hydrogen) atoms. The third-order valence-corrected chi connectivity index (χ3v) is 6.04. The van der Waals surface area contributed by atoms with Crippen molar-refractivity contribution in [2.24, 2.45) is 0 Å². The average Bonchev–Trinajstić information content (AvgIpc) is 3.16. The van der Waals surface area contributed by atoms with Crippen LogP contribution in [-0.2, 0) is 18.9 Å². The molecule has 0 bridgehead atoms. The largest absolute Gasteiger partial charge is 0.477 e. The molecule has 1 aliphatic rings. The second kappa shape index (κ2) is 16.4. The molecule has 2 heterocycles. The van der Waals surface area contributed by atoms with Crippen molar-refractivity contribution in [3.8, 4) is 5.88 Å². The third kappa shape index (κ3) is 8.74. The number of unbranched alkanes of at least 4 members (excludes halogenated alkanes) is 4. The summed E-state index contributed by atoms with van der Waals surface area (Å²) < 4.78 is 45.8. The number of pyridine rings is 1. The molecule has 2 rings (SSSR count). The molecule has 7 heteroatoms. The maximum absolute atomic E-state index is 15.3. The maximum Gasteiger partial charge on any atom is 0.222 e. The van der Waals surface area contributed by atoms with Crippen molar-refractivity contribution < 1.29 is 28.1 Å². The second-order valence-corrected chi connectivity index (χ2v) is 9.09. The van der Waals surface area contributed by atoms with E-state index in [1.807, 2.05) is 6.92 Å². The smallest absolute Gasteiger partial charge is 0.222 e. The number of ether oxygens (including phenoxy) is 5. The Morgan fingerprint density at radius 1 is 0.853 bits per heavy atom. The molecule has 6 nitrogen and oxygen atoms in total. The van der Waals surface area contributed by atoms with Crippen molar-refractivity contribution in [3.05, 3.63) is 23.1 Å². The summed E-state index contributed by atoms with van der Waals surface area (Å²) in [5, 5.41) is 0. The highest BCUT2D eigenvalue weighted by Gasteiger charge is 2.48. The molecule has 1 aromatic heterocycles. The van der Waals surface area contributed by atoms with Crippen LogP contribution in [0.5, 0.6) is 5.88 Å². The molecule has 1 saturated heterocycles. The Bertz CT molecular complexity index is 689. The van der Waals surface area contributed by atoms with Crippen molar-refractivity contribution >= 4 is 0 Å². The number of aromatic nitrogens is 1. The monoisotopic (exact) mass is 483 g/mol. The van der Waals surface area contributed by atoms with E-state index in [1.165, 1.54) is 0 Å². The standard InChI is InChI=1S/C27H46FNO5/c1-6-10-14-30-19-22-24(31-15-11-7-2)25(32-16-12-8-3)23(34-22)21-18-20(5)27(29-26(21)28)33-17-13-9-4/h18,22-25H,6-17,19H2,1-5H3/t22-,23+,24?,25-/m1/s1. The van der Waals surface area contributed by atoms with Gasteiger partial charge in [-0.3, -0.25) is 0 Å². The van der Waals surface area contributed by atoms with Gasteiger partial charge >= 0.3 is 0 Å². The van der Waals surface area contributed by atoms with Crippen molar-refractivity contribution in [2.75, 3.05) is 33.0 Å². The van der Waals surface area contributed by atoms with E-state index >= 15 is 4.39 Å². The fourth-order valence-electron chi connectivity index (χ4n) is 3.92. The van der Waals surface area contributed by atoms with Gasteiger partial charge in [-0.15, -0.1) is 0 Å². The Kier molecular flexibility index (Phi) is 14.0. The first-order valence-corrected chi connectivity index (χ1v) is 13.3. The number of halogens is 1. The zero-order valence-corrected chi connectivity index (χ0v) is 21.9. The van der Waals surface area contributed by atoms with Crippen LogP contribution in [0.1, 0.15) is 96.3 Å². The quantitative estimate of drug-likeness (QED) is 0.179. The first kappa shape index (κ1) is 29.0. The number of hydrogen-bond donors (Lipinski definition) is 0. The minimum atomic E-state index is -0.612. The lowest BCUT2D eigenvalue weighted by Crippen LogP contribution is -2.38. The number of aryl methyl sites for hydroxylation is 1. The van der Waals surface area contributed by atoms with Crippen LogP contribution in [0.4, 0.5) is 4.39 Å². The Hall–Kier alpha value is -1.28. The molecule has 0 radical (unpaired) electrons. The summed E-state index contributed by atoms with van der Waals surface area (Å²) in [6.07, 6.45) is 6.20. The van der Waals surface area contributed by atoms with Gasteiger partial charge in [0.05, 0.1) is 13.2 Å². The Labute approximate surface area is 205 Å². The fourth-order valence-corrected chi connectivity index (χ4v) is 3.92. The molecule has 0 aromatic carbocycles. The second-order valence-electron chi connectivity index (χ2n) is 9.09. The molecule has 0 N–H and O–H groups in total. The Morgan fingerprint density at radius 2 is 1.44 bits per heavy atom. The lowest BCUT2D eigenvalue weighted by atomic mass is 10.0. The third-order valence-electron chi connectivity index (χ3n) is 6.04.